The molecule has 3 aromatic rings. The van der Waals surface area contributed by atoms with Gasteiger partial charge in [0.15, 0.2) is 5.82 Å². The zero-order chi connectivity index (χ0) is 20.4. The summed E-state index contributed by atoms with van der Waals surface area (Å²) in [6.45, 7) is 6.59. The number of nitrogens with zero attached hydrogens (tertiary/aromatic N) is 4. The monoisotopic (exact) mass is 391 g/mol. The van der Waals surface area contributed by atoms with E-state index in [4.69, 9.17) is 4.74 Å². The first-order valence-corrected chi connectivity index (χ1v) is 10.3. The van der Waals surface area contributed by atoms with Crippen molar-refractivity contribution in [2.45, 2.75) is 52.0 Å². The van der Waals surface area contributed by atoms with Crippen LogP contribution in [0.5, 0.6) is 5.75 Å². The molecule has 1 aliphatic rings. The molecule has 0 saturated heterocycles. The van der Waals surface area contributed by atoms with E-state index in [-0.39, 0.29) is 5.54 Å². The Morgan fingerprint density at radius 3 is 2.31 bits per heavy atom. The molecule has 1 saturated carbocycles. The molecule has 0 spiro atoms. The van der Waals surface area contributed by atoms with E-state index in [0.29, 0.717) is 0 Å². The molecule has 0 amide bonds. The number of hydrogen-bond acceptors (Lipinski definition) is 5. The van der Waals surface area contributed by atoms with Crippen molar-refractivity contribution >= 4 is 5.69 Å². The molecule has 1 heterocycles. The van der Waals surface area contributed by atoms with Gasteiger partial charge in [0.05, 0.1) is 18.3 Å². The summed E-state index contributed by atoms with van der Waals surface area (Å²) in [5.74, 6) is 2.40. The number of aromatic nitrogens is 4. The molecule has 0 aliphatic heterocycles. The maximum absolute atomic E-state index is 5.29. The van der Waals surface area contributed by atoms with Crippen molar-refractivity contribution in [2.75, 3.05) is 12.4 Å². The third-order valence-corrected chi connectivity index (χ3v) is 5.95. The topological polar surface area (TPSA) is 64.9 Å². The van der Waals surface area contributed by atoms with Crippen molar-refractivity contribution in [1.29, 1.82) is 0 Å². The number of rotatable bonds is 5. The van der Waals surface area contributed by atoms with Crippen LogP contribution in [-0.4, -0.2) is 27.3 Å². The summed E-state index contributed by atoms with van der Waals surface area (Å²) in [6, 6.07) is 14.5. The van der Waals surface area contributed by atoms with Gasteiger partial charge < -0.3 is 10.1 Å². The van der Waals surface area contributed by atoms with Gasteiger partial charge in [-0.1, -0.05) is 13.0 Å². The zero-order valence-corrected chi connectivity index (χ0v) is 17.6. The zero-order valence-electron chi connectivity index (χ0n) is 17.6. The standard InChI is InChI=1S/C23H29N5O/c1-16-9-11-23(12-10-16,24-19-14-17(2)13-18(3)15-19)22-25-26-27-28(22)20-5-7-21(29-4)8-6-20/h5-8,13-16,24H,9-12H2,1-4H3. The number of hydrogen-bond donors (Lipinski definition) is 1. The maximum Gasteiger partial charge on any atom is 0.181 e. The van der Waals surface area contributed by atoms with E-state index in [1.807, 2.05) is 28.9 Å². The number of aryl methyl sites for hydroxylation is 2. The Morgan fingerprint density at radius 2 is 1.69 bits per heavy atom. The summed E-state index contributed by atoms with van der Waals surface area (Å²) < 4.78 is 7.16. The second-order valence-electron chi connectivity index (χ2n) is 8.38. The van der Waals surface area contributed by atoms with Gasteiger partial charge in [-0.05, 0) is 103 Å². The minimum Gasteiger partial charge on any atom is -0.497 e. The van der Waals surface area contributed by atoms with Gasteiger partial charge in [-0.25, -0.2) is 0 Å². The number of methoxy groups -OCH3 is 1. The summed E-state index contributed by atoms with van der Waals surface area (Å²) in [5, 5.41) is 16.7. The SMILES string of the molecule is COc1ccc(-n2nnnc2C2(Nc3cc(C)cc(C)c3)CCC(C)CC2)cc1. The number of anilines is 1. The predicted octanol–water partition coefficient (Wildman–Crippen LogP) is 4.81. The third-order valence-electron chi connectivity index (χ3n) is 5.95. The molecule has 6 nitrogen and oxygen atoms in total. The van der Waals surface area contributed by atoms with E-state index in [1.54, 1.807) is 7.11 Å². The smallest absolute Gasteiger partial charge is 0.181 e. The van der Waals surface area contributed by atoms with Crippen molar-refractivity contribution < 1.29 is 4.74 Å². The minimum atomic E-state index is -0.295. The number of benzene rings is 2. The molecule has 0 radical (unpaired) electrons. The molecular weight excluding hydrogens is 362 g/mol. The lowest BCUT2D eigenvalue weighted by molar-refractivity contribution is 0.255. The van der Waals surface area contributed by atoms with E-state index >= 15 is 0 Å². The van der Waals surface area contributed by atoms with Gasteiger partial charge in [-0.15, -0.1) is 5.10 Å². The Morgan fingerprint density at radius 1 is 1.03 bits per heavy atom. The maximum atomic E-state index is 5.29. The number of tetrazole rings is 1. The van der Waals surface area contributed by atoms with Gasteiger partial charge in [0.25, 0.3) is 0 Å². The molecule has 2 aromatic carbocycles. The molecule has 4 rings (SSSR count). The highest BCUT2D eigenvalue weighted by molar-refractivity contribution is 5.51. The van der Waals surface area contributed by atoms with Crippen LogP contribution < -0.4 is 10.1 Å². The third kappa shape index (κ3) is 3.97. The lowest BCUT2D eigenvalue weighted by Crippen LogP contribution is -2.41. The van der Waals surface area contributed by atoms with E-state index in [9.17, 15) is 0 Å². The van der Waals surface area contributed by atoms with Crippen LogP contribution in [0.2, 0.25) is 0 Å². The van der Waals surface area contributed by atoms with E-state index in [2.05, 4.69) is 59.8 Å². The molecule has 0 atom stereocenters. The molecular formula is C23H29N5O. The average molecular weight is 392 g/mol. The lowest BCUT2D eigenvalue weighted by Gasteiger charge is -2.39. The molecule has 152 valence electrons. The van der Waals surface area contributed by atoms with Crippen LogP contribution in [0.4, 0.5) is 5.69 Å². The van der Waals surface area contributed by atoms with Gasteiger partial charge in [0.1, 0.15) is 5.75 Å². The summed E-state index contributed by atoms with van der Waals surface area (Å²) in [6.07, 6.45) is 4.29. The Labute approximate surface area is 172 Å². The average Bonchev–Trinajstić information content (AvgIpc) is 3.20. The highest BCUT2D eigenvalue weighted by atomic mass is 16.5. The predicted molar refractivity (Wildman–Crippen MR) is 115 cm³/mol. The van der Waals surface area contributed by atoms with Crippen LogP contribution in [0.15, 0.2) is 42.5 Å². The van der Waals surface area contributed by atoms with Gasteiger partial charge in [-0.2, -0.15) is 4.68 Å². The fourth-order valence-electron chi connectivity index (χ4n) is 4.37. The van der Waals surface area contributed by atoms with Crippen molar-refractivity contribution in [1.82, 2.24) is 20.2 Å². The van der Waals surface area contributed by atoms with Gasteiger partial charge >= 0.3 is 0 Å². The van der Waals surface area contributed by atoms with Gasteiger partial charge in [0, 0.05) is 5.69 Å². The number of ether oxygens (including phenoxy) is 1. The van der Waals surface area contributed by atoms with Crippen LogP contribution in [0.25, 0.3) is 5.69 Å². The molecule has 0 unspecified atom stereocenters. The van der Waals surface area contributed by atoms with E-state index < -0.39 is 0 Å². The highest BCUT2D eigenvalue weighted by Crippen LogP contribution is 2.41. The second-order valence-corrected chi connectivity index (χ2v) is 8.38. The highest BCUT2D eigenvalue weighted by Gasteiger charge is 2.41. The Hall–Kier alpha value is -2.89. The minimum absolute atomic E-state index is 0.295. The molecule has 29 heavy (non-hydrogen) atoms. The summed E-state index contributed by atoms with van der Waals surface area (Å²) in [5.41, 5.74) is 4.27. The molecule has 0 bridgehead atoms. The lowest BCUT2D eigenvalue weighted by atomic mass is 9.76. The van der Waals surface area contributed by atoms with Crippen molar-refractivity contribution in [3.63, 3.8) is 0 Å². The van der Waals surface area contributed by atoms with Crippen molar-refractivity contribution in [3.8, 4) is 11.4 Å². The van der Waals surface area contributed by atoms with E-state index in [0.717, 1.165) is 54.5 Å². The number of nitrogens with one attached hydrogen (secondary N) is 1. The quantitative estimate of drug-likeness (QED) is 0.676. The Balaban J connectivity index is 1.75. The van der Waals surface area contributed by atoms with Crippen molar-refractivity contribution in [2.24, 2.45) is 5.92 Å². The largest absolute Gasteiger partial charge is 0.497 e. The first kappa shape index (κ1) is 19.4. The van der Waals surface area contributed by atoms with Gasteiger partial charge in [0.2, 0.25) is 0 Å². The van der Waals surface area contributed by atoms with Crippen LogP contribution in [-0.2, 0) is 5.54 Å². The second kappa shape index (κ2) is 7.85. The van der Waals surface area contributed by atoms with E-state index in [1.165, 1.54) is 11.1 Å². The Kier molecular flexibility index (Phi) is 5.26. The molecule has 1 N–H and O–H groups in total. The molecule has 1 aliphatic carbocycles. The summed E-state index contributed by atoms with van der Waals surface area (Å²) in [7, 11) is 1.67. The normalized spacial score (nSPS) is 21.7. The summed E-state index contributed by atoms with van der Waals surface area (Å²) in [4.78, 5) is 0. The molecule has 1 aromatic heterocycles. The first-order chi connectivity index (χ1) is 14.0. The first-order valence-electron chi connectivity index (χ1n) is 10.3. The van der Waals surface area contributed by atoms with Crippen LogP contribution in [0, 0.1) is 19.8 Å². The molecule has 1 fully saturated rings. The fourth-order valence-corrected chi connectivity index (χ4v) is 4.37. The van der Waals surface area contributed by atoms with Crippen LogP contribution in [0.1, 0.15) is 49.6 Å². The fraction of sp³-hybridized carbons (Fsp3) is 0.435. The Bertz CT molecular complexity index is 951. The van der Waals surface area contributed by atoms with Gasteiger partial charge in [-0.3, -0.25) is 0 Å². The van der Waals surface area contributed by atoms with Crippen LogP contribution in [0.3, 0.4) is 0 Å². The van der Waals surface area contributed by atoms with Crippen molar-refractivity contribution in [3.05, 3.63) is 59.4 Å². The molecule has 6 heteroatoms. The van der Waals surface area contributed by atoms with Crippen LogP contribution >= 0.6 is 0 Å². The summed E-state index contributed by atoms with van der Waals surface area (Å²) >= 11 is 0.